The van der Waals surface area contributed by atoms with Crippen LogP contribution in [0.5, 0.6) is 0 Å². The Kier molecular flexibility index (Phi) is 16.5. The molecular formula is C40H52N4O13. The van der Waals surface area contributed by atoms with Gasteiger partial charge in [0, 0.05) is 40.7 Å². The van der Waals surface area contributed by atoms with E-state index in [0.29, 0.717) is 19.4 Å². The summed E-state index contributed by atoms with van der Waals surface area (Å²) in [5.41, 5.74) is 7.42. The highest BCUT2D eigenvalue weighted by Gasteiger charge is 2.52. The average molecular weight is 797 g/mol. The molecule has 17 nitrogen and oxygen atoms in total. The summed E-state index contributed by atoms with van der Waals surface area (Å²) in [6, 6.07) is 15.1. The van der Waals surface area contributed by atoms with Crippen molar-refractivity contribution in [3.8, 4) is 0 Å². The van der Waals surface area contributed by atoms with Gasteiger partial charge in [-0.05, 0) is 43.9 Å². The number of benzene rings is 2. The zero-order valence-electron chi connectivity index (χ0n) is 32.8. The average Bonchev–Trinajstić information content (AvgIpc) is 3.70. The smallest absolute Gasteiger partial charge is 0.306 e. The van der Waals surface area contributed by atoms with Crippen LogP contribution in [0.25, 0.3) is 0 Å². The van der Waals surface area contributed by atoms with E-state index in [2.05, 4.69) is 10.6 Å². The van der Waals surface area contributed by atoms with E-state index in [1.165, 1.54) is 11.8 Å². The fraction of sp³-hybridized carbons (Fsp3) is 0.525. The second kappa shape index (κ2) is 21.2. The number of hydrogen-bond acceptors (Lipinski definition) is 14. The van der Waals surface area contributed by atoms with Gasteiger partial charge in [-0.15, -0.1) is 0 Å². The highest BCUT2D eigenvalue weighted by molar-refractivity contribution is 5.89. The maximum Gasteiger partial charge on any atom is 0.306 e. The largest absolute Gasteiger partial charge is 0.463 e. The van der Waals surface area contributed by atoms with Gasteiger partial charge in [0.05, 0.1) is 12.1 Å². The van der Waals surface area contributed by atoms with Crippen molar-refractivity contribution in [2.45, 2.75) is 115 Å². The predicted octanol–water partition coefficient (Wildman–Crippen LogP) is 1.60. The van der Waals surface area contributed by atoms with E-state index >= 15 is 0 Å². The molecule has 2 aliphatic rings. The highest BCUT2D eigenvalue weighted by Crippen LogP contribution is 2.30. The second-order valence-electron chi connectivity index (χ2n) is 14.0. The van der Waals surface area contributed by atoms with Gasteiger partial charge < -0.3 is 49.7 Å². The van der Waals surface area contributed by atoms with Gasteiger partial charge in [-0.2, -0.15) is 0 Å². The molecule has 4 N–H and O–H groups in total. The van der Waals surface area contributed by atoms with E-state index < -0.39 is 103 Å². The summed E-state index contributed by atoms with van der Waals surface area (Å²) in [6.07, 6.45) is -6.37. The van der Waals surface area contributed by atoms with Crippen LogP contribution < -0.4 is 16.4 Å². The number of ether oxygens (including phenoxy) is 6. The molecule has 8 atom stereocenters. The molecule has 310 valence electrons. The van der Waals surface area contributed by atoms with Gasteiger partial charge in [-0.1, -0.05) is 60.7 Å². The van der Waals surface area contributed by atoms with Gasteiger partial charge in [0.25, 0.3) is 0 Å². The topological polar surface area (TPSA) is 228 Å². The molecule has 0 bridgehead atoms. The Balaban J connectivity index is 1.62. The predicted molar refractivity (Wildman–Crippen MR) is 200 cm³/mol. The number of carbonyl (C=O) groups excluding carboxylic acids is 7. The summed E-state index contributed by atoms with van der Waals surface area (Å²) in [5, 5.41) is 5.77. The number of primary amides is 1. The van der Waals surface area contributed by atoms with Crippen LogP contribution in [-0.4, -0.2) is 115 Å². The molecule has 0 aliphatic carbocycles. The van der Waals surface area contributed by atoms with E-state index in [1.54, 1.807) is 6.92 Å². The van der Waals surface area contributed by atoms with Gasteiger partial charge in [-0.25, -0.2) is 0 Å². The summed E-state index contributed by atoms with van der Waals surface area (Å²) >= 11 is 0. The van der Waals surface area contributed by atoms with Crippen LogP contribution in [0.4, 0.5) is 0 Å². The quantitative estimate of drug-likeness (QED) is 0.144. The number of nitrogens with two attached hydrogens (primary N) is 1. The minimum Gasteiger partial charge on any atom is -0.463 e. The monoisotopic (exact) mass is 796 g/mol. The summed E-state index contributed by atoms with van der Waals surface area (Å²) < 4.78 is 34.5. The molecule has 0 spiro atoms. The third-order valence-corrected chi connectivity index (χ3v) is 9.32. The van der Waals surface area contributed by atoms with E-state index in [9.17, 15) is 33.6 Å². The Morgan fingerprint density at radius 2 is 1.49 bits per heavy atom. The fourth-order valence-electron chi connectivity index (χ4n) is 6.92. The minimum atomic E-state index is -1.49. The first-order valence-electron chi connectivity index (χ1n) is 18.8. The first kappa shape index (κ1) is 44.3. The summed E-state index contributed by atoms with van der Waals surface area (Å²) in [4.78, 5) is 90.8. The minimum absolute atomic E-state index is 0.184. The van der Waals surface area contributed by atoms with Crippen molar-refractivity contribution >= 4 is 41.6 Å². The molecule has 0 saturated carbocycles. The second-order valence-corrected chi connectivity index (χ2v) is 14.0. The van der Waals surface area contributed by atoms with Crippen LogP contribution in [0.2, 0.25) is 0 Å². The van der Waals surface area contributed by atoms with Crippen molar-refractivity contribution in [3.63, 3.8) is 0 Å². The Morgan fingerprint density at radius 1 is 0.877 bits per heavy atom. The van der Waals surface area contributed by atoms with E-state index in [4.69, 9.17) is 34.2 Å². The molecule has 2 aromatic carbocycles. The molecule has 2 aliphatic heterocycles. The number of nitrogens with one attached hydrogen (secondary N) is 2. The zero-order valence-corrected chi connectivity index (χ0v) is 32.8. The summed E-state index contributed by atoms with van der Waals surface area (Å²) in [5.74, 6) is -4.76. The third kappa shape index (κ3) is 13.1. The molecule has 1 unspecified atom stereocenters. The Labute approximate surface area is 331 Å². The van der Waals surface area contributed by atoms with Gasteiger partial charge in [0.15, 0.2) is 12.2 Å². The van der Waals surface area contributed by atoms with Crippen LogP contribution in [-0.2, 0) is 62.0 Å². The Hall–Kier alpha value is -5.39. The van der Waals surface area contributed by atoms with Crippen LogP contribution in [0.1, 0.15) is 77.5 Å². The van der Waals surface area contributed by atoms with Crippen LogP contribution in [0.3, 0.4) is 0 Å². The van der Waals surface area contributed by atoms with Crippen LogP contribution in [0, 0.1) is 0 Å². The number of hydrogen-bond donors (Lipinski definition) is 3. The lowest BCUT2D eigenvalue weighted by Crippen LogP contribution is -2.67. The molecule has 2 aromatic rings. The lowest BCUT2D eigenvalue weighted by Gasteiger charge is -2.46. The number of rotatable bonds is 18. The van der Waals surface area contributed by atoms with Crippen molar-refractivity contribution in [3.05, 3.63) is 71.8 Å². The number of amides is 3. The normalized spacial score (nSPS) is 22.7. The van der Waals surface area contributed by atoms with E-state index in [1.807, 2.05) is 60.7 Å². The maximum absolute atomic E-state index is 14.1. The molecule has 57 heavy (non-hydrogen) atoms. The molecule has 0 radical (unpaired) electrons. The first-order chi connectivity index (χ1) is 27.1. The molecular weight excluding hydrogens is 744 g/mol. The number of esters is 4. The first-order valence-corrected chi connectivity index (χ1v) is 18.8. The molecule has 2 heterocycles. The molecule has 0 aromatic heterocycles. The van der Waals surface area contributed by atoms with Crippen LogP contribution in [0.15, 0.2) is 60.7 Å². The molecule has 2 fully saturated rings. The summed E-state index contributed by atoms with van der Waals surface area (Å²) in [7, 11) is 0. The van der Waals surface area contributed by atoms with Gasteiger partial charge >= 0.3 is 23.9 Å². The highest BCUT2D eigenvalue weighted by atomic mass is 16.7. The maximum atomic E-state index is 14.1. The lowest BCUT2D eigenvalue weighted by atomic mass is 9.95. The molecule has 3 amide bonds. The SMILES string of the molecule is CC(=O)N[C@H]1[C@@H](OC(C)=O)O[C@H](COC(C)=O)[C@@H](OC(C)=O)[C@@H]1OC(C)CN(C(=O)[C@@H]1CCCN1)[C@H](CCC(=O)OC(c1ccccc1)c1ccccc1)C(N)=O. The van der Waals surface area contributed by atoms with Crippen molar-refractivity contribution < 1.29 is 62.0 Å². The molecule has 17 heteroatoms. The van der Waals surface area contributed by atoms with Gasteiger partial charge in [0.1, 0.15) is 30.9 Å². The van der Waals surface area contributed by atoms with E-state index in [-0.39, 0.29) is 19.4 Å². The zero-order chi connectivity index (χ0) is 41.6. The standard InChI is InChI=1S/C40H52N4O13/c1-23(53-37-34(43-24(2)45)40(55-27(5)48)56-32(22-52-25(3)46)36(37)54-26(4)47)21-44(39(51)30-17-12-20-42-30)31(38(41)50)18-19-33(49)57-35(28-13-8-6-9-14-28)29-15-10-7-11-16-29/h6-11,13-16,23,30-32,34-37,40,42H,12,17-22H2,1-5H3,(H2,41,50)(H,43,45)/t23?,30-,31+,32+,34+,36+,37+,40-/m0/s1. The summed E-state index contributed by atoms with van der Waals surface area (Å²) in [6.45, 7) is 6.05. The molecule has 4 rings (SSSR count). The van der Waals surface area contributed by atoms with Crippen molar-refractivity contribution in [2.75, 3.05) is 19.7 Å². The Morgan fingerprint density at radius 3 is 2.00 bits per heavy atom. The molecule has 2 saturated heterocycles. The lowest BCUT2D eigenvalue weighted by molar-refractivity contribution is -0.279. The van der Waals surface area contributed by atoms with Crippen molar-refractivity contribution in [1.29, 1.82) is 0 Å². The van der Waals surface area contributed by atoms with Crippen molar-refractivity contribution in [1.82, 2.24) is 15.5 Å². The Bertz CT molecular complexity index is 1670. The van der Waals surface area contributed by atoms with Gasteiger partial charge in [0.2, 0.25) is 24.0 Å². The third-order valence-electron chi connectivity index (χ3n) is 9.32. The van der Waals surface area contributed by atoms with Gasteiger partial charge in [-0.3, -0.25) is 33.6 Å². The van der Waals surface area contributed by atoms with Crippen molar-refractivity contribution in [2.24, 2.45) is 5.73 Å². The number of carbonyl (C=O) groups is 7. The van der Waals surface area contributed by atoms with E-state index in [0.717, 1.165) is 31.9 Å². The van der Waals surface area contributed by atoms with Crippen LogP contribution >= 0.6 is 0 Å². The number of nitrogens with zero attached hydrogens (tertiary/aromatic N) is 1. The fourth-order valence-corrected chi connectivity index (χ4v) is 6.92.